The normalized spacial score (nSPS) is 25.9. The molecule has 3 atom stereocenters. The van der Waals surface area contributed by atoms with E-state index < -0.39 is 57.6 Å². The predicted octanol–water partition coefficient (Wildman–Crippen LogP) is 3.40. The van der Waals surface area contributed by atoms with Gasteiger partial charge in [0.05, 0.1) is 17.2 Å². The first-order valence-corrected chi connectivity index (χ1v) is 10.8. The smallest absolute Gasteiger partial charge is 0.419 e. The van der Waals surface area contributed by atoms with Gasteiger partial charge < -0.3 is 14.2 Å². The molecule has 2 fully saturated rings. The van der Waals surface area contributed by atoms with Crippen LogP contribution in [0.1, 0.15) is 42.1 Å². The Hall–Kier alpha value is -2.11. The summed E-state index contributed by atoms with van der Waals surface area (Å²) < 4.78 is 87.1. The second kappa shape index (κ2) is 7.86. The number of carbonyl (C=O) groups is 1. The Morgan fingerprint density at radius 1 is 1.37 bits per heavy atom. The molecular weight excluding hydrogens is 429 g/mol. The van der Waals surface area contributed by atoms with Crippen LogP contribution >= 0.6 is 0 Å². The second-order valence-corrected chi connectivity index (χ2v) is 9.00. The molecule has 2 heterocycles. The third kappa shape index (κ3) is 4.62. The van der Waals surface area contributed by atoms with E-state index in [1.807, 2.05) is 0 Å². The van der Waals surface area contributed by atoms with Crippen LogP contribution < -0.4 is 4.74 Å². The molecule has 1 aromatic carbocycles. The topological polar surface area (TPSA) is 99.1 Å². The molecule has 2 saturated heterocycles. The molecule has 0 aromatic heterocycles. The molecule has 1 N–H and O–H groups in total. The van der Waals surface area contributed by atoms with Gasteiger partial charge in [-0.2, -0.15) is 21.6 Å². The molecule has 30 heavy (non-hydrogen) atoms. The van der Waals surface area contributed by atoms with Crippen molar-refractivity contribution in [2.24, 2.45) is 0 Å². The Kier molecular flexibility index (Phi) is 5.91. The predicted molar refractivity (Wildman–Crippen MR) is 98.8 cm³/mol. The van der Waals surface area contributed by atoms with Gasteiger partial charge in [-0.1, -0.05) is 6.58 Å². The summed E-state index contributed by atoms with van der Waals surface area (Å²) in [5.41, 5.74) is -1.95. The monoisotopic (exact) mass is 450 g/mol. The van der Waals surface area contributed by atoms with Crippen molar-refractivity contribution in [1.82, 2.24) is 0 Å². The van der Waals surface area contributed by atoms with E-state index in [4.69, 9.17) is 18.8 Å². The highest BCUT2D eigenvalue weighted by molar-refractivity contribution is 7.85. The molecule has 166 valence electrons. The van der Waals surface area contributed by atoms with E-state index in [1.165, 1.54) is 0 Å². The SMILES string of the molecule is C=C(C)C1(Oc2cc(C(=O)OCCS(=O)(=O)O)ccc2C(F)(F)F)CC2CCC1O2. The maximum atomic E-state index is 13.6. The lowest BCUT2D eigenvalue weighted by atomic mass is 9.80. The zero-order valence-electron chi connectivity index (χ0n) is 16.1. The van der Waals surface area contributed by atoms with Gasteiger partial charge in [0.1, 0.15) is 24.2 Å². The fourth-order valence-corrected chi connectivity index (χ4v) is 4.09. The number of fused-ring (bicyclic) bond motifs is 2. The van der Waals surface area contributed by atoms with E-state index in [-0.39, 0.29) is 11.7 Å². The van der Waals surface area contributed by atoms with Gasteiger partial charge in [-0.3, -0.25) is 4.55 Å². The molecule has 0 radical (unpaired) electrons. The first-order chi connectivity index (χ1) is 13.8. The van der Waals surface area contributed by atoms with E-state index in [0.29, 0.717) is 24.5 Å². The van der Waals surface area contributed by atoms with Crippen molar-refractivity contribution in [3.05, 3.63) is 41.5 Å². The maximum Gasteiger partial charge on any atom is 0.419 e. The average Bonchev–Trinajstić information content (AvgIpc) is 3.21. The number of halogens is 3. The number of benzene rings is 1. The number of ether oxygens (including phenoxy) is 3. The summed E-state index contributed by atoms with van der Waals surface area (Å²) in [6, 6.07) is 2.53. The first-order valence-electron chi connectivity index (χ1n) is 9.16. The Balaban J connectivity index is 1.90. The standard InChI is InChI=1S/C19H21F3O7S/c1-11(2)18(10-13-4-6-16(18)28-13)29-15-9-12(3-5-14(15)19(20,21)22)17(23)27-7-8-30(24,25)26/h3,5,9,13,16H,1,4,6-8,10H2,2H3,(H,24,25,26). The zero-order valence-corrected chi connectivity index (χ0v) is 16.9. The van der Waals surface area contributed by atoms with Crippen molar-refractivity contribution >= 4 is 16.1 Å². The molecule has 11 heteroatoms. The Labute approximate surface area is 171 Å². The quantitative estimate of drug-likeness (QED) is 0.386. The van der Waals surface area contributed by atoms with Gasteiger partial charge in [0.2, 0.25) is 0 Å². The summed E-state index contributed by atoms with van der Waals surface area (Å²) >= 11 is 0. The first kappa shape index (κ1) is 22.6. The fraction of sp³-hybridized carbons (Fsp3) is 0.526. The van der Waals surface area contributed by atoms with Crippen molar-refractivity contribution in [1.29, 1.82) is 0 Å². The molecule has 0 amide bonds. The molecule has 2 aliphatic heterocycles. The molecule has 0 aliphatic carbocycles. The number of alkyl halides is 3. The van der Waals surface area contributed by atoms with Crippen molar-refractivity contribution in [3.63, 3.8) is 0 Å². The Morgan fingerprint density at radius 2 is 2.07 bits per heavy atom. The molecule has 2 aliphatic rings. The van der Waals surface area contributed by atoms with Gasteiger partial charge in [-0.05, 0) is 43.5 Å². The van der Waals surface area contributed by atoms with Gasteiger partial charge >= 0.3 is 12.1 Å². The average molecular weight is 450 g/mol. The third-order valence-corrected chi connectivity index (χ3v) is 5.95. The van der Waals surface area contributed by atoms with E-state index in [1.54, 1.807) is 6.92 Å². The number of esters is 1. The van der Waals surface area contributed by atoms with Gasteiger partial charge in [0.25, 0.3) is 10.1 Å². The molecule has 7 nitrogen and oxygen atoms in total. The number of hydrogen-bond donors (Lipinski definition) is 1. The maximum absolute atomic E-state index is 13.6. The van der Waals surface area contributed by atoms with Crippen LogP contribution in [-0.2, 0) is 25.8 Å². The fourth-order valence-electron chi connectivity index (χ4n) is 3.80. The number of rotatable bonds is 7. The van der Waals surface area contributed by atoms with Crippen molar-refractivity contribution in [2.75, 3.05) is 12.4 Å². The van der Waals surface area contributed by atoms with E-state index in [2.05, 4.69) is 6.58 Å². The molecule has 2 bridgehead atoms. The summed E-state index contributed by atoms with van der Waals surface area (Å²) in [4.78, 5) is 12.1. The minimum Gasteiger partial charge on any atom is -0.479 e. The minimum atomic E-state index is -4.74. The van der Waals surface area contributed by atoms with Crippen LogP contribution in [0.15, 0.2) is 30.4 Å². The van der Waals surface area contributed by atoms with E-state index in [0.717, 1.165) is 18.6 Å². The second-order valence-electron chi connectivity index (χ2n) is 7.43. The molecular formula is C19H21F3O7S. The van der Waals surface area contributed by atoms with Crippen LogP contribution in [-0.4, -0.2) is 49.1 Å². The minimum absolute atomic E-state index is 0.130. The van der Waals surface area contributed by atoms with E-state index >= 15 is 0 Å². The number of carbonyl (C=O) groups excluding carboxylic acids is 1. The molecule has 0 spiro atoms. The summed E-state index contributed by atoms with van der Waals surface area (Å²) in [5.74, 6) is -2.45. The van der Waals surface area contributed by atoms with Gasteiger partial charge in [-0.15, -0.1) is 0 Å². The van der Waals surface area contributed by atoms with Crippen molar-refractivity contribution < 1.29 is 45.1 Å². The van der Waals surface area contributed by atoms with Crippen molar-refractivity contribution in [3.8, 4) is 5.75 Å². The summed E-state index contributed by atoms with van der Waals surface area (Å²) in [6.45, 7) is 4.89. The van der Waals surface area contributed by atoms with Crippen LogP contribution in [0, 0.1) is 0 Å². The Morgan fingerprint density at radius 3 is 2.57 bits per heavy atom. The van der Waals surface area contributed by atoms with Crippen LogP contribution in [0.5, 0.6) is 5.75 Å². The molecule has 3 rings (SSSR count). The van der Waals surface area contributed by atoms with Crippen molar-refractivity contribution in [2.45, 2.75) is 50.2 Å². The van der Waals surface area contributed by atoms with Crippen LogP contribution in [0.3, 0.4) is 0 Å². The Bertz CT molecular complexity index is 957. The summed E-state index contributed by atoms with van der Waals surface area (Å²) in [5, 5.41) is 0. The summed E-state index contributed by atoms with van der Waals surface area (Å²) in [6.07, 6.45) is -3.54. The highest BCUT2D eigenvalue weighted by atomic mass is 32.2. The highest BCUT2D eigenvalue weighted by Crippen LogP contribution is 2.49. The molecule has 3 unspecified atom stereocenters. The molecule has 1 aromatic rings. The van der Waals surface area contributed by atoms with Crippen LogP contribution in [0.4, 0.5) is 13.2 Å². The summed E-state index contributed by atoms with van der Waals surface area (Å²) in [7, 11) is -4.35. The third-order valence-electron chi connectivity index (χ3n) is 5.27. The van der Waals surface area contributed by atoms with Crippen LogP contribution in [0.25, 0.3) is 0 Å². The van der Waals surface area contributed by atoms with Gasteiger partial charge in [0.15, 0.2) is 5.60 Å². The zero-order chi connectivity index (χ0) is 22.3. The lowest BCUT2D eigenvalue weighted by Gasteiger charge is -2.37. The van der Waals surface area contributed by atoms with Gasteiger partial charge in [-0.25, -0.2) is 4.79 Å². The molecule has 0 saturated carbocycles. The van der Waals surface area contributed by atoms with Crippen LogP contribution in [0.2, 0.25) is 0 Å². The van der Waals surface area contributed by atoms with Gasteiger partial charge in [0, 0.05) is 6.42 Å². The lowest BCUT2D eigenvalue weighted by Crippen LogP contribution is -2.46. The number of hydrogen-bond acceptors (Lipinski definition) is 6. The lowest BCUT2D eigenvalue weighted by molar-refractivity contribution is -0.140. The largest absolute Gasteiger partial charge is 0.479 e. The van der Waals surface area contributed by atoms with E-state index in [9.17, 15) is 26.4 Å². The highest BCUT2D eigenvalue weighted by Gasteiger charge is 2.55.